The maximum atomic E-state index is 10.1. The molecule has 6 nitrogen and oxygen atoms in total. The standard InChI is InChI=1S/C28H18N3.C6H5NO2.Ir/c1-2-10-20(11-3-1)24-15-8-17-26(31-24)28(25-16-6-7-18-29-25)23-14-5-4-12-21(23)22-13-9-19-30-27(22)28;8-6(9)5-3-1-2-4-7-5;/h1-10,12-19H;1-4H,(H,8,9);/q-1;;/t28-;;/m0../s1. The number of rotatable bonds is 4. The smallest absolute Gasteiger partial charge is 0.354 e. The Balaban J connectivity index is 0.000000291. The summed E-state index contributed by atoms with van der Waals surface area (Å²) in [4.78, 5) is 28.6. The summed E-state index contributed by atoms with van der Waals surface area (Å²) in [6.07, 6.45) is 5.15. The molecule has 0 unspecified atom stereocenters. The fourth-order valence-electron chi connectivity index (χ4n) is 5.16. The first-order valence-corrected chi connectivity index (χ1v) is 12.8. The first kappa shape index (κ1) is 27.7. The zero-order valence-electron chi connectivity index (χ0n) is 21.7. The SMILES string of the molecule is O=C(O)c1ccccn1.[Ir].[c-]1ccccc1-c1cccc([C@@]2(c3ccccn3)c3ccccc3-c3cccnc32)n1. The van der Waals surface area contributed by atoms with Gasteiger partial charge in [-0.15, -0.1) is 35.9 Å². The molecule has 1 N–H and O–H groups in total. The van der Waals surface area contributed by atoms with E-state index in [-0.39, 0.29) is 25.8 Å². The first-order valence-electron chi connectivity index (χ1n) is 12.8. The van der Waals surface area contributed by atoms with Crippen LogP contribution in [0.25, 0.3) is 22.4 Å². The van der Waals surface area contributed by atoms with Gasteiger partial charge in [0.15, 0.2) is 0 Å². The first-order chi connectivity index (χ1) is 19.7. The van der Waals surface area contributed by atoms with E-state index < -0.39 is 11.4 Å². The van der Waals surface area contributed by atoms with Crippen LogP contribution in [0, 0.1) is 6.07 Å². The molecule has 0 saturated carbocycles. The minimum atomic E-state index is -0.990. The number of carbonyl (C=O) groups is 1. The Morgan fingerprint density at radius 2 is 1.37 bits per heavy atom. The molecule has 1 atom stereocenters. The molecule has 201 valence electrons. The Kier molecular flexibility index (Phi) is 8.20. The van der Waals surface area contributed by atoms with E-state index in [0.29, 0.717) is 0 Å². The average molecular weight is 712 g/mol. The van der Waals surface area contributed by atoms with Gasteiger partial charge in [0, 0.05) is 44.3 Å². The van der Waals surface area contributed by atoms with Gasteiger partial charge in [-0.05, 0) is 53.2 Å². The van der Waals surface area contributed by atoms with E-state index >= 15 is 0 Å². The molecule has 0 saturated heterocycles. The molecule has 4 aromatic heterocycles. The van der Waals surface area contributed by atoms with Gasteiger partial charge in [-0.25, -0.2) is 9.78 Å². The molecule has 2 aromatic carbocycles. The molecule has 7 rings (SSSR count). The number of pyridine rings is 4. The van der Waals surface area contributed by atoms with Crippen LogP contribution in [-0.2, 0) is 25.5 Å². The Morgan fingerprint density at radius 3 is 2.07 bits per heavy atom. The van der Waals surface area contributed by atoms with Crippen molar-refractivity contribution in [1.29, 1.82) is 0 Å². The quantitative estimate of drug-likeness (QED) is 0.211. The largest absolute Gasteiger partial charge is 0.477 e. The molecule has 0 amide bonds. The van der Waals surface area contributed by atoms with E-state index in [2.05, 4.69) is 59.6 Å². The van der Waals surface area contributed by atoms with Gasteiger partial charge in [-0.3, -0.25) is 15.0 Å². The predicted molar refractivity (Wildman–Crippen MR) is 153 cm³/mol. The van der Waals surface area contributed by atoms with Crippen LogP contribution >= 0.6 is 0 Å². The molecule has 4 heterocycles. The van der Waals surface area contributed by atoms with Gasteiger partial charge in [0.05, 0.1) is 17.1 Å². The van der Waals surface area contributed by atoms with E-state index in [1.165, 1.54) is 17.8 Å². The van der Waals surface area contributed by atoms with Crippen LogP contribution in [0.3, 0.4) is 0 Å². The summed E-state index contributed by atoms with van der Waals surface area (Å²) in [6, 6.07) is 40.8. The van der Waals surface area contributed by atoms with Crippen LogP contribution in [-0.4, -0.2) is 31.0 Å². The van der Waals surface area contributed by atoms with Gasteiger partial charge in [-0.2, -0.15) is 0 Å². The van der Waals surface area contributed by atoms with Crippen molar-refractivity contribution >= 4 is 5.97 Å². The van der Waals surface area contributed by atoms with Crippen LogP contribution in [0.15, 0.2) is 134 Å². The number of aromatic nitrogens is 4. The summed E-state index contributed by atoms with van der Waals surface area (Å²) in [5.41, 5.74) is 7.50. The number of aromatic carboxylic acids is 1. The minimum absolute atomic E-state index is 0. The van der Waals surface area contributed by atoms with E-state index in [9.17, 15) is 4.79 Å². The van der Waals surface area contributed by atoms with Gasteiger partial charge in [-0.1, -0.05) is 54.6 Å². The number of fused-ring (bicyclic) bond motifs is 3. The second-order valence-corrected chi connectivity index (χ2v) is 9.11. The summed E-state index contributed by atoms with van der Waals surface area (Å²) in [5, 5.41) is 8.32. The number of nitrogens with zero attached hydrogens (tertiary/aromatic N) is 4. The van der Waals surface area contributed by atoms with Gasteiger partial charge >= 0.3 is 5.97 Å². The van der Waals surface area contributed by atoms with Crippen LogP contribution in [0.1, 0.15) is 33.1 Å². The van der Waals surface area contributed by atoms with Gasteiger partial charge in [0.2, 0.25) is 0 Å². The van der Waals surface area contributed by atoms with Crippen molar-refractivity contribution in [2.45, 2.75) is 5.41 Å². The van der Waals surface area contributed by atoms with Crippen molar-refractivity contribution < 1.29 is 30.0 Å². The molecule has 0 spiro atoms. The molecule has 1 aliphatic carbocycles. The second-order valence-electron chi connectivity index (χ2n) is 9.11. The average Bonchev–Trinajstić information content (AvgIpc) is 3.34. The monoisotopic (exact) mass is 712 g/mol. The summed E-state index contributed by atoms with van der Waals surface area (Å²) in [5.74, 6) is -0.990. The van der Waals surface area contributed by atoms with Crippen LogP contribution in [0.2, 0.25) is 0 Å². The van der Waals surface area contributed by atoms with E-state index in [1.807, 2.05) is 60.9 Å². The summed E-state index contributed by atoms with van der Waals surface area (Å²) >= 11 is 0. The zero-order valence-corrected chi connectivity index (χ0v) is 24.1. The topological polar surface area (TPSA) is 88.9 Å². The third-order valence-corrected chi connectivity index (χ3v) is 6.84. The number of hydrogen-bond donors (Lipinski definition) is 1. The van der Waals surface area contributed by atoms with Crippen molar-refractivity contribution in [1.82, 2.24) is 19.9 Å². The number of benzene rings is 2. The van der Waals surface area contributed by atoms with E-state index in [4.69, 9.17) is 20.1 Å². The molecule has 1 radical (unpaired) electrons. The Morgan fingerprint density at radius 1 is 0.659 bits per heavy atom. The van der Waals surface area contributed by atoms with Crippen molar-refractivity contribution in [3.05, 3.63) is 168 Å². The Labute approximate surface area is 251 Å². The maximum Gasteiger partial charge on any atom is 0.354 e. The normalized spacial score (nSPS) is 14.4. The third kappa shape index (κ3) is 5.09. The Hall–Kier alpha value is -4.84. The molecule has 41 heavy (non-hydrogen) atoms. The number of carboxylic acids is 1. The van der Waals surface area contributed by atoms with Crippen LogP contribution in [0.4, 0.5) is 0 Å². The van der Waals surface area contributed by atoms with Gasteiger partial charge < -0.3 is 5.11 Å². The summed E-state index contributed by atoms with van der Waals surface area (Å²) in [7, 11) is 0. The van der Waals surface area contributed by atoms with Crippen molar-refractivity contribution in [2.24, 2.45) is 0 Å². The summed E-state index contributed by atoms with van der Waals surface area (Å²) < 4.78 is 0. The molecule has 7 heteroatoms. The molecule has 0 fully saturated rings. The molecular formula is C34H23IrN4O2-. The van der Waals surface area contributed by atoms with Gasteiger partial charge in [0.1, 0.15) is 11.1 Å². The number of carboxylic acid groups (broad SMARTS) is 1. The van der Waals surface area contributed by atoms with Crippen LogP contribution < -0.4 is 0 Å². The zero-order chi connectivity index (χ0) is 27.4. The van der Waals surface area contributed by atoms with Crippen molar-refractivity contribution in [2.75, 3.05) is 0 Å². The molecule has 0 bridgehead atoms. The number of hydrogen-bond acceptors (Lipinski definition) is 5. The third-order valence-electron chi connectivity index (χ3n) is 6.84. The summed E-state index contributed by atoms with van der Waals surface area (Å²) in [6.45, 7) is 0. The fraction of sp³-hybridized carbons (Fsp3) is 0.0294. The van der Waals surface area contributed by atoms with E-state index in [0.717, 1.165) is 39.5 Å². The van der Waals surface area contributed by atoms with E-state index in [1.54, 1.807) is 12.1 Å². The second kappa shape index (κ2) is 12.1. The molecular weight excluding hydrogens is 689 g/mol. The predicted octanol–water partition coefficient (Wildman–Crippen LogP) is 6.48. The van der Waals surface area contributed by atoms with Gasteiger partial charge in [0.25, 0.3) is 0 Å². The van der Waals surface area contributed by atoms with Crippen LogP contribution in [0.5, 0.6) is 0 Å². The molecule has 1 aliphatic rings. The molecule has 6 aromatic rings. The minimum Gasteiger partial charge on any atom is -0.477 e. The Bertz CT molecular complexity index is 1740. The maximum absolute atomic E-state index is 10.1. The van der Waals surface area contributed by atoms with Crippen molar-refractivity contribution in [3.63, 3.8) is 0 Å². The van der Waals surface area contributed by atoms with Crippen molar-refractivity contribution in [3.8, 4) is 22.4 Å². The fourth-order valence-corrected chi connectivity index (χ4v) is 5.16. The molecule has 0 aliphatic heterocycles.